The third kappa shape index (κ3) is 5.02. The smallest absolute Gasteiger partial charge is 0.337 e. The first-order valence-corrected chi connectivity index (χ1v) is 8.96. The highest BCUT2D eigenvalue weighted by Gasteiger charge is 2.31. The van der Waals surface area contributed by atoms with Gasteiger partial charge in [0, 0.05) is 12.1 Å². The predicted octanol–water partition coefficient (Wildman–Crippen LogP) is 1.82. The number of aryl methyl sites for hydroxylation is 1. The summed E-state index contributed by atoms with van der Waals surface area (Å²) in [7, 11) is -2.56. The number of hydrogen-bond acceptors (Lipinski definition) is 5. The van der Waals surface area contributed by atoms with Gasteiger partial charge in [-0.15, -0.1) is 0 Å². The van der Waals surface area contributed by atoms with Crippen LogP contribution in [-0.4, -0.2) is 33.6 Å². The summed E-state index contributed by atoms with van der Waals surface area (Å²) in [5.41, 5.74) is 5.77. The first kappa shape index (κ1) is 19.6. The molecule has 1 unspecified atom stereocenters. The molecule has 130 valence electrons. The van der Waals surface area contributed by atoms with Crippen molar-refractivity contribution in [3.8, 4) is 0 Å². The van der Waals surface area contributed by atoms with Gasteiger partial charge < -0.3 is 10.5 Å². The number of carbonyl (C=O) groups excluding carboxylic acids is 1. The highest BCUT2D eigenvalue weighted by Crippen LogP contribution is 2.22. The number of carbonyl (C=O) groups is 1. The Morgan fingerprint density at radius 3 is 2.48 bits per heavy atom. The molecule has 1 atom stereocenters. The van der Waals surface area contributed by atoms with E-state index >= 15 is 0 Å². The molecular weight excluding hydrogens is 316 g/mol. The van der Waals surface area contributed by atoms with Crippen molar-refractivity contribution in [3.63, 3.8) is 0 Å². The van der Waals surface area contributed by atoms with Crippen LogP contribution in [0.15, 0.2) is 23.1 Å². The van der Waals surface area contributed by atoms with Crippen LogP contribution < -0.4 is 10.5 Å². The molecule has 23 heavy (non-hydrogen) atoms. The third-order valence-corrected chi connectivity index (χ3v) is 5.37. The summed E-state index contributed by atoms with van der Waals surface area (Å²) in [6, 6.07) is 4.45. The zero-order chi connectivity index (χ0) is 17.8. The zero-order valence-corrected chi connectivity index (χ0v) is 15.2. The van der Waals surface area contributed by atoms with E-state index in [0.29, 0.717) is 12.0 Å². The number of methoxy groups -OCH3 is 1. The van der Waals surface area contributed by atoms with Crippen molar-refractivity contribution < 1.29 is 17.9 Å². The molecule has 0 spiro atoms. The minimum absolute atomic E-state index is 0.0591. The minimum atomic E-state index is -3.81. The lowest BCUT2D eigenvalue weighted by molar-refractivity contribution is 0.0600. The molecule has 0 radical (unpaired) electrons. The Labute approximate surface area is 138 Å². The van der Waals surface area contributed by atoms with Crippen molar-refractivity contribution in [2.24, 2.45) is 11.7 Å². The van der Waals surface area contributed by atoms with Gasteiger partial charge in [0.15, 0.2) is 0 Å². The molecule has 0 aromatic heterocycles. The van der Waals surface area contributed by atoms with Crippen LogP contribution in [0.25, 0.3) is 0 Å². The highest BCUT2D eigenvalue weighted by atomic mass is 32.2. The van der Waals surface area contributed by atoms with Crippen LogP contribution in [-0.2, 0) is 14.8 Å². The van der Waals surface area contributed by atoms with E-state index in [9.17, 15) is 13.2 Å². The average Bonchev–Trinajstić information content (AvgIpc) is 2.45. The first-order chi connectivity index (χ1) is 10.5. The van der Waals surface area contributed by atoms with Crippen LogP contribution in [0.3, 0.4) is 0 Å². The lowest BCUT2D eigenvalue weighted by Crippen LogP contribution is -2.52. The van der Waals surface area contributed by atoms with Gasteiger partial charge in [-0.1, -0.05) is 19.9 Å². The second-order valence-electron chi connectivity index (χ2n) is 6.44. The van der Waals surface area contributed by atoms with Gasteiger partial charge in [0.2, 0.25) is 10.0 Å². The quantitative estimate of drug-likeness (QED) is 0.737. The molecule has 0 saturated carbocycles. The minimum Gasteiger partial charge on any atom is -0.465 e. The fourth-order valence-corrected chi connectivity index (χ4v) is 4.28. The lowest BCUT2D eigenvalue weighted by Gasteiger charge is -2.31. The maximum atomic E-state index is 12.8. The molecule has 0 heterocycles. The van der Waals surface area contributed by atoms with E-state index in [1.54, 1.807) is 19.9 Å². The Morgan fingerprint density at radius 1 is 1.39 bits per heavy atom. The van der Waals surface area contributed by atoms with Crippen LogP contribution in [0.1, 0.15) is 43.1 Å². The van der Waals surface area contributed by atoms with Crippen molar-refractivity contribution in [3.05, 3.63) is 29.3 Å². The number of sulfonamides is 1. The normalized spacial score (nSPS) is 14.6. The molecule has 0 saturated heterocycles. The Hall–Kier alpha value is -1.44. The van der Waals surface area contributed by atoms with E-state index in [4.69, 9.17) is 5.73 Å². The summed E-state index contributed by atoms with van der Waals surface area (Å²) in [4.78, 5) is 11.7. The van der Waals surface area contributed by atoms with Crippen molar-refractivity contribution in [2.75, 3.05) is 13.7 Å². The summed E-state index contributed by atoms with van der Waals surface area (Å²) in [6.45, 7) is 7.65. The molecule has 3 N–H and O–H groups in total. The molecule has 0 amide bonds. The van der Waals surface area contributed by atoms with E-state index in [2.05, 4.69) is 9.46 Å². The number of nitrogens with one attached hydrogen (secondary N) is 1. The molecular formula is C16H26N2O4S. The standard InChI is InChI=1S/C16H26N2O4S/c1-11(2)9-16(4,10-17)18-23(20,21)14-8-13(15(19)22-5)7-6-12(14)3/h6-8,11,18H,9-10,17H2,1-5H3. The third-order valence-electron chi connectivity index (χ3n) is 3.59. The van der Waals surface area contributed by atoms with Gasteiger partial charge in [-0.05, 0) is 43.9 Å². The van der Waals surface area contributed by atoms with Gasteiger partial charge in [-0.25, -0.2) is 17.9 Å². The number of ether oxygens (including phenoxy) is 1. The van der Waals surface area contributed by atoms with Crippen LogP contribution in [0.2, 0.25) is 0 Å². The number of nitrogens with two attached hydrogens (primary N) is 1. The lowest BCUT2D eigenvalue weighted by atomic mass is 9.92. The van der Waals surface area contributed by atoms with Crippen molar-refractivity contribution in [1.82, 2.24) is 4.72 Å². The van der Waals surface area contributed by atoms with Gasteiger partial charge >= 0.3 is 5.97 Å². The molecule has 0 aliphatic rings. The number of benzene rings is 1. The Bertz CT molecular complexity index is 671. The van der Waals surface area contributed by atoms with Crippen LogP contribution >= 0.6 is 0 Å². The van der Waals surface area contributed by atoms with E-state index in [1.165, 1.54) is 19.2 Å². The Kier molecular flexibility index (Phi) is 6.33. The fourth-order valence-electron chi connectivity index (χ4n) is 2.58. The summed E-state index contributed by atoms with van der Waals surface area (Å²) in [5.74, 6) is -0.293. The molecule has 0 bridgehead atoms. The van der Waals surface area contributed by atoms with E-state index in [1.807, 2.05) is 13.8 Å². The van der Waals surface area contributed by atoms with Crippen LogP contribution in [0, 0.1) is 12.8 Å². The predicted molar refractivity (Wildman–Crippen MR) is 89.8 cm³/mol. The van der Waals surface area contributed by atoms with Crippen LogP contribution in [0.5, 0.6) is 0 Å². The Morgan fingerprint density at radius 2 is 2.00 bits per heavy atom. The van der Waals surface area contributed by atoms with Crippen molar-refractivity contribution in [2.45, 2.75) is 44.6 Å². The molecule has 1 aromatic carbocycles. The molecule has 1 aromatic rings. The number of esters is 1. The summed E-state index contributed by atoms with van der Waals surface area (Å²) >= 11 is 0. The van der Waals surface area contributed by atoms with Crippen molar-refractivity contribution in [1.29, 1.82) is 0 Å². The van der Waals surface area contributed by atoms with E-state index < -0.39 is 21.5 Å². The maximum absolute atomic E-state index is 12.8. The van der Waals surface area contributed by atoms with Crippen LogP contribution in [0.4, 0.5) is 0 Å². The molecule has 0 aliphatic heterocycles. The van der Waals surface area contributed by atoms with Gasteiger partial charge in [0.25, 0.3) is 0 Å². The summed E-state index contributed by atoms with van der Waals surface area (Å²) in [5, 5.41) is 0. The first-order valence-electron chi connectivity index (χ1n) is 7.47. The monoisotopic (exact) mass is 342 g/mol. The van der Waals surface area contributed by atoms with Gasteiger partial charge in [0.05, 0.1) is 17.6 Å². The molecule has 6 nitrogen and oxygen atoms in total. The Balaban J connectivity index is 3.25. The molecule has 0 fully saturated rings. The largest absolute Gasteiger partial charge is 0.465 e. The van der Waals surface area contributed by atoms with Crippen molar-refractivity contribution >= 4 is 16.0 Å². The number of rotatable bonds is 7. The topological polar surface area (TPSA) is 98.5 Å². The zero-order valence-electron chi connectivity index (χ0n) is 14.3. The molecule has 0 aliphatic carbocycles. The second kappa shape index (κ2) is 7.42. The van der Waals surface area contributed by atoms with Gasteiger partial charge in [0.1, 0.15) is 0 Å². The maximum Gasteiger partial charge on any atom is 0.337 e. The number of hydrogen-bond donors (Lipinski definition) is 2. The molecule has 7 heteroatoms. The SMILES string of the molecule is COC(=O)c1ccc(C)c(S(=O)(=O)NC(C)(CN)CC(C)C)c1. The highest BCUT2D eigenvalue weighted by molar-refractivity contribution is 7.89. The van der Waals surface area contributed by atoms with Gasteiger partial charge in [-0.2, -0.15) is 0 Å². The second-order valence-corrected chi connectivity index (χ2v) is 8.09. The summed E-state index contributed by atoms with van der Waals surface area (Å²) < 4.78 is 32.8. The van der Waals surface area contributed by atoms with E-state index in [0.717, 1.165) is 0 Å². The average molecular weight is 342 g/mol. The van der Waals surface area contributed by atoms with E-state index in [-0.39, 0.29) is 22.9 Å². The van der Waals surface area contributed by atoms with Gasteiger partial charge in [-0.3, -0.25) is 0 Å². The fraction of sp³-hybridized carbons (Fsp3) is 0.562. The summed E-state index contributed by atoms with van der Waals surface area (Å²) in [6.07, 6.45) is 0.610. The molecule has 1 rings (SSSR count).